The predicted molar refractivity (Wildman–Crippen MR) is 170 cm³/mol. The fourth-order valence-corrected chi connectivity index (χ4v) is 5.70. The number of ether oxygens (including phenoxy) is 2. The third-order valence-electron chi connectivity index (χ3n) is 5.41. The van der Waals surface area contributed by atoms with Gasteiger partial charge in [-0.25, -0.2) is 13.9 Å². The van der Waals surface area contributed by atoms with E-state index in [4.69, 9.17) is 36.6 Å². The number of hydrogen-bond acceptors (Lipinski definition) is 15. The summed E-state index contributed by atoms with van der Waals surface area (Å²) in [6.45, 7) is 12.6. The van der Waals surface area contributed by atoms with Gasteiger partial charge in [-0.15, -0.1) is 13.2 Å². The van der Waals surface area contributed by atoms with Gasteiger partial charge in [-0.3, -0.25) is 46.3 Å². The maximum absolute atomic E-state index is 13.1. The molecule has 0 aliphatic heterocycles. The lowest BCUT2D eigenvalue weighted by atomic mass is 10.2. The van der Waals surface area contributed by atoms with Crippen LogP contribution in [-0.2, 0) is 64.9 Å². The second-order valence-electron chi connectivity index (χ2n) is 9.75. The average Bonchev–Trinajstić information content (AvgIpc) is 2.98. The second-order valence-corrected chi connectivity index (χ2v) is 13.1. The number of rotatable bonds is 26. The summed E-state index contributed by atoms with van der Waals surface area (Å²) in [5.74, 6) is -2.10. The Morgan fingerprint density at radius 1 is 0.625 bits per heavy atom. The van der Waals surface area contributed by atoms with Crippen LogP contribution in [-0.4, -0.2) is 107 Å². The molecule has 0 heterocycles. The third-order valence-corrected chi connectivity index (χ3v) is 8.27. The number of nitrogens with one attached hydrogen (secondary N) is 4. The molecule has 21 heteroatoms. The standard InChI is InChI=1S/C27H48N4O15P2/c1-9-13-39-47(37,43-17-25(30-21(5)32)19(3)45-23(7)34)41-15-11-28-27(36)29-12-16-42-48(38,40-14-10-2)44-18-26(31-22(6)33)20(4)46-24(8)35/h9-10,19-20,25-26H,1-2,11-18H2,3-8H3,(H,30,32)(H,31,33)(H2,28,29,36)/t19-,20?,25-,26?,47?,48?/m0/s1. The Bertz CT molecular complexity index is 1090. The Balaban J connectivity index is 4.96. The number of carbonyl (C=O) groups excluding carboxylic acids is 5. The number of urea groups is 1. The van der Waals surface area contributed by atoms with E-state index in [1.165, 1.54) is 53.7 Å². The highest BCUT2D eigenvalue weighted by molar-refractivity contribution is 7.48. The monoisotopic (exact) mass is 730 g/mol. The third kappa shape index (κ3) is 21.7. The maximum Gasteiger partial charge on any atom is 0.475 e. The van der Waals surface area contributed by atoms with Gasteiger partial charge in [0.1, 0.15) is 12.2 Å². The molecule has 0 bridgehead atoms. The van der Waals surface area contributed by atoms with Crippen LogP contribution in [0.15, 0.2) is 25.3 Å². The van der Waals surface area contributed by atoms with Gasteiger partial charge in [0, 0.05) is 40.8 Å². The molecular formula is C27H48N4O15P2. The lowest BCUT2D eigenvalue weighted by Gasteiger charge is -2.26. The van der Waals surface area contributed by atoms with Crippen LogP contribution in [0, 0.1) is 0 Å². The van der Waals surface area contributed by atoms with Gasteiger partial charge >= 0.3 is 33.6 Å². The van der Waals surface area contributed by atoms with Crippen molar-refractivity contribution in [3.05, 3.63) is 25.3 Å². The van der Waals surface area contributed by atoms with Crippen LogP contribution in [0.5, 0.6) is 0 Å². The van der Waals surface area contributed by atoms with Crippen LogP contribution < -0.4 is 21.3 Å². The van der Waals surface area contributed by atoms with Crippen LogP contribution in [0.3, 0.4) is 0 Å². The van der Waals surface area contributed by atoms with Crippen molar-refractivity contribution >= 4 is 45.4 Å². The van der Waals surface area contributed by atoms with E-state index >= 15 is 0 Å². The van der Waals surface area contributed by atoms with Crippen molar-refractivity contribution in [1.82, 2.24) is 21.3 Å². The van der Waals surface area contributed by atoms with Crippen LogP contribution in [0.4, 0.5) is 4.79 Å². The molecule has 6 atom stereocenters. The number of hydrogen-bond donors (Lipinski definition) is 4. The van der Waals surface area contributed by atoms with E-state index in [0.717, 1.165) is 0 Å². The first-order valence-electron chi connectivity index (χ1n) is 14.6. The first kappa shape index (κ1) is 44.9. The second kappa shape index (κ2) is 24.1. The van der Waals surface area contributed by atoms with E-state index in [-0.39, 0.29) is 39.5 Å². The van der Waals surface area contributed by atoms with Gasteiger partial charge in [0.25, 0.3) is 0 Å². The first-order chi connectivity index (χ1) is 22.5. The van der Waals surface area contributed by atoms with Gasteiger partial charge < -0.3 is 30.7 Å². The van der Waals surface area contributed by atoms with Crippen molar-refractivity contribution in [2.24, 2.45) is 0 Å². The Morgan fingerprint density at radius 2 is 0.979 bits per heavy atom. The normalized spacial score (nSPS) is 16.0. The van der Waals surface area contributed by atoms with E-state index < -0.39 is 82.9 Å². The molecule has 0 fully saturated rings. The molecule has 0 aliphatic carbocycles. The highest BCUT2D eigenvalue weighted by atomic mass is 31.2. The molecule has 48 heavy (non-hydrogen) atoms. The number of esters is 2. The van der Waals surface area contributed by atoms with E-state index in [1.54, 1.807) is 0 Å². The summed E-state index contributed by atoms with van der Waals surface area (Å²) in [5.41, 5.74) is 0. The van der Waals surface area contributed by atoms with Gasteiger partial charge in [0.2, 0.25) is 11.8 Å². The Hall–Kier alpha value is -3.15. The lowest BCUT2D eigenvalue weighted by Crippen LogP contribution is -2.46. The molecule has 19 nitrogen and oxygen atoms in total. The predicted octanol–water partition coefficient (Wildman–Crippen LogP) is 1.89. The van der Waals surface area contributed by atoms with E-state index in [0.29, 0.717) is 0 Å². The molecule has 276 valence electrons. The summed E-state index contributed by atoms with van der Waals surface area (Å²) in [4.78, 5) is 58.0. The lowest BCUT2D eigenvalue weighted by molar-refractivity contribution is -0.148. The van der Waals surface area contributed by atoms with E-state index in [2.05, 4.69) is 34.4 Å². The van der Waals surface area contributed by atoms with E-state index in [1.807, 2.05) is 0 Å². The number of amides is 4. The Labute approximate surface area is 280 Å². The fourth-order valence-electron chi connectivity index (χ4n) is 3.36. The quantitative estimate of drug-likeness (QED) is 0.0430. The molecule has 0 rings (SSSR count). The molecule has 0 saturated heterocycles. The van der Waals surface area contributed by atoms with Gasteiger partial charge in [-0.1, -0.05) is 12.2 Å². The molecule has 0 aliphatic rings. The van der Waals surface area contributed by atoms with Crippen LogP contribution in [0.2, 0.25) is 0 Å². The van der Waals surface area contributed by atoms with E-state index in [9.17, 15) is 33.1 Å². The topological polar surface area (TPSA) is 241 Å². The average molecular weight is 731 g/mol. The minimum Gasteiger partial charge on any atom is -0.461 e. The van der Waals surface area contributed by atoms with Crippen LogP contribution in [0.1, 0.15) is 41.5 Å². The van der Waals surface area contributed by atoms with Crippen molar-refractivity contribution < 1.29 is 69.7 Å². The van der Waals surface area contributed by atoms with Crippen LogP contribution in [0.25, 0.3) is 0 Å². The largest absolute Gasteiger partial charge is 0.475 e. The summed E-state index contributed by atoms with van der Waals surface area (Å²) in [5, 5.41) is 9.93. The SMILES string of the molecule is C=CCOP(=O)(OCCNC(=O)NCCOP(=O)(OCC=C)OC[C@H](NC(C)=O)[C@H](C)OC(C)=O)OCC(NC(C)=O)C(C)OC(C)=O. The summed E-state index contributed by atoms with van der Waals surface area (Å²) in [6.07, 6.45) is 0.938. The number of phosphoric acid groups is 2. The molecule has 0 saturated carbocycles. The van der Waals surface area contributed by atoms with Gasteiger partial charge in [-0.05, 0) is 13.8 Å². The highest BCUT2D eigenvalue weighted by Crippen LogP contribution is 2.50. The van der Waals surface area contributed by atoms with Gasteiger partial charge in [0.15, 0.2) is 0 Å². The maximum atomic E-state index is 13.1. The molecule has 0 aromatic rings. The fraction of sp³-hybridized carbons (Fsp3) is 0.667. The van der Waals surface area contributed by atoms with Crippen molar-refractivity contribution in [1.29, 1.82) is 0 Å². The van der Waals surface area contributed by atoms with Crippen LogP contribution >= 0.6 is 15.6 Å². The minimum atomic E-state index is -4.22. The number of carbonyl (C=O) groups is 5. The molecule has 4 N–H and O–H groups in total. The zero-order valence-electron chi connectivity index (χ0n) is 28.1. The number of phosphoric ester groups is 2. The summed E-state index contributed by atoms with van der Waals surface area (Å²) >= 11 is 0. The molecule has 0 aromatic carbocycles. The minimum absolute atomic E-state index is 0.161. The molecule has 4 amide bonds. The smallest absolute Gasteiger partial charge is 0.461 e. The van der Waals surface area contributed by atoms with Crippen molar-refractivity contribution in [2.75, 3.05) is 52.7 Å². The Morgan fingerprint density at radius 3 is 1.27 bits per heavy atom. The summed E-state index contributed by atoms with van der Waals surface area (Å²) < 4.78 is 67.8. The van der Waals surface area contributed by atoms with Gasteiger partial charge in [-0.2, -0.15) is 0 Å². The molecule has 0 radical (unpaired) electrons. The summed E-state index contributed by atoms with van der Waals surface area (Å²) in [6, 6.07) is -2.46. The highest BCUT2D eigenvalue weighted by Gasteiger charge is 2.32. The Kier molecular flexibility index (Phi) is 22.5. The van der Waals surface area contributed by atoms with Gasteiger partial charge in [0.05, 0.1) is 51.7 Å². The zero-order chi connectivity index (χ0) is 36.8. The molecule has 0 aromatic heterocycles. The van der Waals surface area contributed by atoms with Crippen molar-refractivity contribution in [3.63, 3.8) is 0 Å². The van der Waals surface area contributed by atoms with Crippen molar-refractivity contribution in [2.45, 2.75) is 65.8 Å². The molecular weight excluding hydrogens is 682 g/mol. The summed E-state index contributed by atoms with van der Waals surface area (Å²) in [7, 11) is -8.45. The molecule has 0 spiro atoms. The van der Waals surface area contributed by atoms with Crippen molar-refractivity contribution in [3.8, 4) is 0 Å². The zero-order valence-corrected chi connectivity index (χ0v) is 29.8. The first-order valence-corrected chi connectivity index (χ1v) is 17.6. The molecule has 4 unspecified atom stereocenters.